The van der Waals surface area contributed by atoms with E-state index < -0.39 is 0 Å². The minimum absolute atomic E-state index is 0.153. The van der Waals surface area contributed by atoms with E-state index in [1.165, 1.54) is 0 Å². The van der Waals surface area contributed by atoms with Crippen molar-refractivity contribution in [2.75, 3.05) is 19.6 Å². The number of nitrogens with zero attached hydrogens (tertiary/aromatic N) is 1. The molecule has 1 rings (SSSR count). The Morgan fingerprint density at radius 3 is 2.58 bits per heavy atom. The molecule has 1 atom stereocenters. The van der Waals surface area contributed by atoms with E-state index in [1.54, 1.807) is 0 Å². The lowest BCUT2D eigenvalue weighted by Crippen LogP contribution is -2.42. The molecule has 1 unspecified atom stereocenters. The minimum Gasteiger partial charge on any atom is -0.392 e. The third-order valence-electron chi connectivity index (χ3n) is 2.57. The molecular formula is C9H20N2O. The van der Waals surface area contributed by atoms with Crippen molar-refractivity contribution in [3.05, 3.63) is 0 Å². The summed E-state index contributed by atoms with van der Waals surface area (Å²) in [6.07, 6.45) is 2.86. The molecule has 3 heteroatoms. The zero-order valence-electron chi connectivity index (χ0n) is 7.87. The normalized spacial score (nSPS) is 24.2. The van der Waals surface area contributed by atoms with Crippen LogP contribution in [0.25, 0.3) is 0 Å². The molecule has 72 valence electrons. The summed E-state index contributed by atoms with van der Waals surface area (Å²) in [5, 5.41) is 9.40. The van der Waals surface area contributed by atoms with Crippen LogP contribution in [-0.2, 0) is 0 Å². The maximum absolute atomic E-state index is 9.40. The zero-order valence-corrected chi connectivity index (χ0v) is 7.87. The van der Waals surface area contributed by atoms with E-state index in [0.29, 0.717) is 6.04 Å². The molecule has 1 aliphatic rings. The molecule has 12 heavy (non-hydrogen) atoms. The van der Waals surface area contributed by atoms with Crippen molar-refractivity contribution in [2.24, 2.45) is 5.73 Å². The summed E-state index contributed by atoms with van der Waals surface area (Å²) in [6, 6.07) is 0.389. The van der Waals surface area contributed by atoms with E-state index in [0.717, 1.165) is 38.9 Å². The van der Waals surface area contributed by atoms with Crippen molar-refractivity contribution >= 4 is 0 Å². The molecule has 0 saturated carbocycles. The summed E-state index contributed by atoms with van der Waals surface area (Å²) in [5.74, 6) is 0. The second-order valence-corrected chi connectivity index (χ2v) is 3.70. The number of aliphatic hydroxyl groups excluding tert-OH is 1. The van der Waals surface area contributed by atoms with Gasteiger partial charge >= 0.3 is 0 Å². The van der Waals surface area contributed by atoms with E-state index in [-0.39, 0.29) is 6.10 Å². The highest BCUT2D eigenvalue weighted by molar-refractivity contribution is 4.75. The molecule has 0 aromatic carbocycles. The highest BCUT2D eigenvalue weighted by atomic mass is 16.3. The minimum atomic E-state index is -0.153. The van der Waals surface area contributed by atoms with Crippen molar-refractivity contribution in [3.8, 4) is 0 Å². The van der Waals surface area contributed by atoms with Crippen LogP contribution in [0.1, 0.15) is 26.2 Å². The van der Waals surface area contributed by atoms with Crippen LogP contribution < -0.4 is 5.73 Å². The second-order valence-electron chi connectivity index (χ2n) is 3.70. The molecule has 3 nitrogen and oxygen atoms in total. The summed E-state index contributed by atoms with van der Waals surface area (Å²) >= 11 is 0. The summed E-state index contributed by atoms with van der Waals surface area (Å²) in [7, 11) is 0. The van der Waals surface area contributed by atoms with Gasteiger partial charge in [-0.25, -0.2) is 0 Å². The van der Waals surface area contributed by atoms with Crippen molar-refractivity contribution < 1.29 is 5.11 Å². The number of likely N-dealkylation sites (tertiary alicyclic amines) is 1. The number of nitrogens with two attached hydrogens (primary N) is 1. The molecular weight excluding hydrogens is 152 g/mol. The van der Waals surface area contributed by atoms with Crippen molar-refractivity contribution in [3.63, 3.8) is 0 Å². The highest BCUT2D eigenvalue weighted by Gasteiger charge is 2.17. The Balaban J connectivity index is 2.17. The van der Waals surface area contributed by atoms with E-state index in [9.17, 15) is 5.11 Å². The predicted octanol–water partition coefficient (Wildman–Crippen LogP) is 0.180. The fourth-order valence-electron chi connectivity index (χ4n) is 1.56. The summed E-state index contributed by atoms with van der Waals surface area (Å²) in [6.45, 7) is 4.94. The molecule has 0 aromatic heterocycles. The Hall–Kier alpha value is -0.120. The molecule has 0 bridgehead atoms. The molecule has 1 saturated heterocycles. The molecule has 0 amide bonds. The summed E-state index contributed by atoms with van der Waals surface area (Å²) < 4.78 is 0. The Morgan fingerprint density at radius 1 is 1.50 bits per heavy atom. The van der Waals surface area contributed by atoms with Crippen molar-refractivity contribution in [1.82, 2.24) is 4.90 Å². The number of hydrogen-bond donors (Lipinski definition) is 2. The molecule has 3 N–H and O–H groups in total. The maximum atomic E-state index is 9.40. The van der Waals surface area contributed by atoms with Gasteiger partial charge in [0.15, 0.2) is 0 Å². The third kappa shape index (κ3) is 3.09. The Labute approximate surface area is 74.5 Å². The van der Waals surface area contributed by atoms with Crippen LogP contribution in [0.5, 0.6) is 0 Å². The number of piperidine rings is 1. The standard InChI is InChI=1S/C9H20N2O/c1-2-9(12)7-11-5-3-8(10)4-6-11/h8-9,12H,2-7,10H2,1H3. The summed E-state index contributed by atoms with van der Waals surface area (Å²) in [5.41, 5.74) is 5.77. The molecule has 0 radical (unpaired) electrons. The Morgan fingerprint density at radius 2 is 2.08 bits per heavy atom. The van der Waals surface area contributed by atoms with Gasteiger partial charge in [-0.2, -0.15) is 0 Å². The van der Waals surface area contributed by atoms with Gasteiger partial charge in [0.2, 0.25) is 0 Å². The Kier molecular flexibility index (Phi) is 3.98. The largest absolute Gasteiger partial charge is 0.392 e. The first-order chi connectivity index (χ1) is 5.72. The lowest BCUT2D eigenvalue weighted by atomic mass is 10.1. The molecule has 0 aromatic rings. The maximum Gasteiger partial charge on any atom is 0.0664 e. The molecule has 1 heterocycles. The van der Waals surface area contributed by atoms with Gasteiger partial charge in [-0.1, -0.05) is 6.92 Å². The van der Waals surface area contributed by atoms with Crippen molar-refractivity contribution in [1.29, 1.82) is 0 Å². The van der Waals surface area contributed by atoms with Gasteiger partial charge in [-0.15, -0.1) is 0 Å². The smallest absolute Gasteiger partial charge is 0.0664 e. The van der Waals surface area contributed by atoms with Crippen LogP contribution in [0.3, 0.4) is 0 Å². The number of hydrogen-bond acceptors (Lipinski definition) is 3. The summed E-state index contributed by atoms with van der Waals surface area (Å²) in [4.78, 5) is 2.30. The lowest BCUT2D eigenvalue weighted by molar-refractivity contribution is 0.0948. The van der Waals surface area contributed by atoms with Crippen LogP contribution in [0.2, 0.25) is 0 Å². The van der Waals surface area contributed by atoms with Gasteiger partial charge in [0.05, 0.1) is 6.10 Å². The Bertz CT molecular complexity index is 122. The van der Waals surface area contributed by atoms with E-state index in [2.05, 4.69) is 4.90 Å². The van der Waals surface area contributed by atoms with Crippen LogP contribution in [0, 0.1) is 0 Å². The monoisotopic (exact) mass is 172 g/mol. The number of β-amino-alcohol motifs (C(OH)–C–C–N with tert-alkyl or cyclic N) is 1. The second kappa shape index (κ2) is 4.80. The average molecular weight is 172 g/mol. The fourth-order valence-corrected chi connectivity index (χ4v) is 1.56. The molecule has 0 spiro atoms. The third-order valence-corrected chi connectivity index (χ3v) is 2.57. The first-order valence-electron chi connectivity index (χ1n) is 4.88. The topological polar surface area (TPSA) is 49.5 Å². The first kappa shape index (κ1) is 9.96. The molecule has 1 aliphatic heterocycles. The van der Waals surface area contributed by atoms with Crippen LogP contribution >= 0.6 is 0 Å². The molecule has 1 fully saturated rings. The number of aliphatic hydroxyl groups is 1. The predicted molar refractivity (Wildman–Crippen MR) is 49.9 cm³/mol. The van der Waals surface area contributed by atoms with E-state index >= 15 is 0 Å². The van der Waals surface area contributed by atoms with Crippen LogP contribution in [-0.4, -0.2) is 41.8 Å². The SMILES string of the molecule is CCC(O)CN1CCC(N)CC1. The lowest BCUT2D eigenvalue weighted by Gasteiger charge is -2.31. The van der Waals surface area contributed by atoms with E-state index in [1.807, 2.05) is 6.92 Å². The van der Waals surface area contributed by atoms with Gasteiger partial charge in [0.1, 0.15) is 0 Å². The van der Waals surface area contributed by atoms with Crippen LogP contribution in [0.4, 0.5) is 0 Å². The zero-order chi connectivity index (χ0) is 8.97. The van der Waals surface area contributed by atoms with Crippen molar-refractivity contribution in [2.45, 2.75) is 38.3 Å². The van der Waals surface area contributed by atoms with Crippen LogP contribution in [0.15, 0.2) is 0 Å². The molecule has 0 aliphatic carbocycles. The van der Waals surface area contributed by atoms with E-state index in [4.69, 9.17) is 5.73 Å². The quantitative estimate of drug-likeness (QED) is 0.638. The van der Waals surface area contributed by atoms with Gasteiger partial charge < -0.3 is 15.7 Å². The number of rotatable bonds is 3. The highest BCUT2D eigenvalue weighted by Crippen LogP contribution is 2.08. The van der Waals surface area contributed by atoms with Gasteiger partial charge in [-0.3, -0.25) is 0 Å². The fraction of sp³-hybridized carbons (Fsp3) is 1.00. The average Bonchev–Trinajstić information content (AvgIpc) is 2.09. The van der Waals surface area contributed by atoms with Gasteiger partial charge in [0, 0.05) is 12.6 Å². The first-order valence-corrected chi connectivity index (χ1v) is 4.88. The van der Waals surface area contributed by atoms with Gasteiger partial charge in [0.25, 0.3) is 0 Å². The van der Waals surface area contributed by atoms with Gasteiger partial charge in [-0.05, 0) is 32.4 Å².